The van der Waals surface area contributed by atoms with Crippen LogP contribution in [0.2, 0.25) is 0 Å². The van der Waals surface area contributed by atoms with Gasteiger partial charge in [-0.15, -0.1) is 0 Å². The van der Waals surface area contributed by atoms with Crippen LogP contribution >= 0.6 is 0 Å². The summed E-state index contributed by atoms with van der Waals surface area (Å²) in [6, 6.07) is 17.2. The topological polar surface area (TPSA) is 0 Å². The van der Waals surface area contributed by atoms with Crippen molar-refractivity contribution in [3.05, 3.63) is 113 Å². The van der Waals surface area contributed by atoms with Crippen LogP contribution in [0.4, 0.5) is 0 Å². The highest BCUT2D eigenvalue weighted by Crippen LogP contribution is 2.16. The molecule has 0 saturated heterocycles. The highest BCUT2D eigenvalue weighted by molar-refractivity contribution is 5.74. The Morgan fingerprint density at radius 2 is 1.27 bits per heavy atom. The first kappa shape index (κ1) is 29.6. The van der Waals surface area contributed by atoms with Crippen molar-refractivity contribution in [3.8, 4) is 0 Å². The molecule has 0 aliphatic carbocycles. The van der Waals surface area contributed by atoms with Gasteiger partial charge in [0, 0.05) is 0 Å². The van der Waals surface area contributed by atoms with Crippen molar-refractivity contribution in [2.45, 2.75) is 68.7 Å². The van der Waals surface area contributed by atoms with Gasteiger partial charge >= 0.3 is 0 Å². The largest absolute Gasteiger partial charge is 0.0984 e. The van der Waals surface area contributed by atoms with Crippen LogP contribution in [0.3, 0.4) is 0 Å². The second kappa shape index (κ2) is 19.7. The number of hydrogen-bond donors (Lipinski definition) is 0. The van der Waals surface area contributed by atoms with E-state index < -0.39 is 0 Å². The van der Waals surface area contributed by atoms with E-state index in [1.54, 1.807) is 0 Å². The third-order valence-electron chi connectivity index (χ3n) is 4.17. The van der Waals surface area contributed by atoms with Gasteiger partial charge < -0.3 is 0 Å². The summed E-state index contributed by atoms with van der Waals surface area (Å²) < 4.78 is 0. The summed E-state index contributed by atoms with van der Waals surface area (Å²) in [7, 11) is 0. The Labute approximate surface area is 187 Å². The monoisotopic (exact) mass is 404 g/mol. The van der Waals surface area contributed by atoms with Crippen molar-refractivity contribution < 1.29 is 0 Å². The van der Waals surface area contributed by atoms with Crippen LogP contribution in [0.15, 0.2) is 91.1 Å². The van der Waals surface area contributed by atoms with Crippen LogP contribution in [0, 0.1) is 13.8 Å². The maximum Gasteiger partial charge on any atom is -0.00700 e. The van der Waals surface area contributed by atoms with E-state index in [2.05, 4.69) is 95.0 Å². The zero-order valence-electron chi connectivity index (χ0n) is 20.9. The average Bonchev–Trinajstić information content (AvgIpc) is 2.80. The molecule has 0 fully saturated rings. The first-order chi connectivity index (χ1) is 14.5. The lowest BCUT2D eigenvalue weighted by molar-refractivity contribution is 1.13. The zero-order valence-corrected chi connectivity index (χ0v) is 20.9. The van der Waals surface area contributed by atoms with Gasteiger partial charge in [0.25, 0.3) is 0 Å². The van der Waals surface area contributed by atoms with Gasteiger partial charge in [-0.3, -0.25) is 0 Å². The molecule has 0 bridgehead atoms. The third-order valence-corrected chi connectivity index (χ3v) is 4.17. The summed E-state index contributed by atoms with van der Waals surface area (Å²) in [4.78, 5) is 0. The molecule has 0 atom stereocenters. The molecule has 0 N–H and O–H groups in total. The summed E-state index contributed by atoms with van der Waals surface area (Å²) in [5, 5.41) is 0. The predicted molar refractivity (Wildman–Crippen MR) is 141 cm³/mol. The molecule has 0 heteroatoms. The minimum Gasteiger partial charge on any atom is -0.0984 e. The summed E-state index contributed by atoms with van der Waals surface area (Å²) in [5.41, 5.74) is 7.81. The molecule has 30 heavy (non-hydrogen) atoms. The Morgan fingerprint density at radius 1 is 0.800 bits per heavy atom. The summed E-state index contributed by atoms with van der Waals surface area (Å²) in [5.74, 6) is 0. The van der Waals surface area contributed by atoms with Crippen LogP contribution in [-0.2, 0) is 6.42 Å². The molecule has 2 aromatic rings. The van der Waals surface area contributed by atoms with Crippen molar-refractivity contribution in [1.82, 2.24) is 0 Å². The van der Waals surface area contributed by atoms with E-state index in [0.717, 1.165) is 12.0 Å². The molecule has 2 aromatic carbocycles. The fourth-order valence-electron chi connectivity index (χ4n) is 2.36. The highest BCUT2D eigenvalue weighted by atomic mass is 14.0. The van der Waals surface area contributed by atoms with Crippen molar-refractivity contribution in [2.75, 3.05) is 0 Å². The van der Waals surface area contributed by atoms with E-state index in [4.69, 9.17) is 0 Å². The first-order valence-corrected chi connectivity index (χ1v) is 11.2. The van der Waals surface area contributed by atoms with E-state index in [1.165, 1.54) is 27.8 Å². The normalized spacial score (nSPS) is 10.7. The Morgan fingerprint density at radius 3 is 1.67 bits per heavy atom. The van der Waals surface area contributed by atoms with Gasteiger partial charge in [0.2, 0.25) is 0 Å². The fourth-order valence-corrected chi connectivity index (χ4v) is 2.36. The molecule has 0 amide bonds. The first-order valence-electron chi connectivity index (χ1n) is 11.2. The molecular formula is C30H44. The van der Waals surface area contributed by atoms with Gasteiger partial charge in [0.05, 0.1) is 0 Å². The number of hydrogen-bond acceptors (Lipinski definition) is 0. The molecule has 0 aliphatic rings. The molecule has 0 aromatic heterocycles. The van der Waals surface area contributed by atoms with Crippen LogP contribution < -0.4 is 0 Å². The zero-order chi connectivity index (χ0) is 23.4. The van der Waals surface area contributed by atoms with E-state index in [9.17, 15) is 0 Å². The van der Waals surface area contributed by atoms with Gasteiger partial charge in [-0.2, -0.15) is 0 Å². The molecule has 0 spiro atoms. The minimum absolute atomic E-state index is 1.08. The second-order valence-corrected chi connectivity index (χ2v) is 6.52. The Balaban J connectivity index is 0. The van der Waals surface area contributed by atoms with Gasteiger partial charge in [0.1, 0.15) is 0 Å². The third kappa shape index (κ3) is 13.6. The predicted octanol–water partition coefficient (Wildman–Crippen LogP) is 9.70. The quantitative estimate of drug-likeness (QED) is 0.343. The van der Waals surface area contributed by atoms with Crippen molar-refractivity contribution in [2.24, 2.45) is 0 Å². The molecule has 0 aliphatic heterocycles. The van der Waals surface area contributed by atoms with E-state index >= 15 is 0 Å². The summed E-state index contributed by atoms with van der Waals surface area (Å²) in [6.07, 6.45) is 11.2. The molecule has 0 saturated carbocycles. The summed E-state index contributed by atoms with van der Waals surface area (Å²) in [6.45, 7) is 22.3. The Hall–Kier alpha value is -2.60. The molecule has 0 heterocycles. The van der Waals surface area contributed by atoms with Crippen LogP contribution in [-0.4, -0.2) is 0 Å². The van der Waals surface area contributed by atoms with E-state index in [1.807, 2.05) is 52.8 Å². The maximum absolute atomic E-state index is 3.81. The van der Waals surface area contributed by atoms with Gasteiger partial charge in [-0.1, -0.05) is 130 Å². The SMILES string of the molecule is C/C=C(\C)Cc1ccc(C)cc1.C=C/C(=C\C=C/C)c1ccc(C)cc1.CC.CC. The number of allylic oxidation sites excluding steroid dienone is 7. The molecular weight excluding hydrogens is 360 g/mol. The maximum atomic E-state index is 3.81. The van der Waals surface area contributed by atoms with Crippen molar-refractivity contribution in [3.63, 3.8) is 0 Å². The standard InChI is InChI=1S/C14H16.C12H16.2C2H6/c1-4-6-7-13(5-2)14-10-8-12(3)9-11-14;1-4-10(2)9-12-7-5-11(3)6-8-12;2*1-2/h4-11H,2H2,1,3H3;4-8H,9H2,1-3H3;2*1-2H3/b6-4-,13-7+;10-4+;;. The lowest BCUT2D eigenvalue weighted by atomic mass is 10.0. The van der Waals surface area contributed by atoms with Crippen molar-refractivity contribution >= 4 is 5.57 Å². The molecule has 2 rings (SSSR count). The Kier molecular flexibility index (Phi) is 19.4. The summed E-state index contributed by atoms with van der Waals surface area (Å²) >= 11 is 0. The van der Waals surface area contributed by atoms with E-state index in [-0.39, 0.29) is 0 Å². The molecule has 0 unspecified atom stereocenters. The average molecular weight is 405 g/mol. The van der Waals surface area contributed by atoms with Gasteiger partial charge in [0.15, 0.2) is 0 Å². The van der Waals surface area contributed by atoms with E-state index in [0.29, 0.717) is 0 Å². The van der Waals surface area contributed by atoms with Crippen molar-refractivity contribution in [1.29, 1.82) is 0 Å². The second-order valence-electron chi connectivity index (χ2n) is 6.52. The molecule has 164 valence electrons. The molecule has 0 nitrogen and oxygen atoms in total. The van der Waals surface area contributed by atoms with Gasteiger partial charge in [-0.25, -0.2) is 0 Å². The Bertz CT molecular complexity index is 751. The molecule has 0 radical (unpaired) electrons. The fraction of sp³-hybridized carbons (Fsp3) is 0.333. The van der Waals surface area contributed by atoms with Crippen LogP contribution in [0.1, 0.15) is 70.7 Å². The smallest absolute Gasteiger partial charge is 0.00700 e. The van der Waals surface area contributed by atoms with Crippen LogP contribution in [0.5, 0.6) is 0 Å². The highest BCUT2D eigenvalue weighted by Gasteiger charge is 1.94. The number of benzene rings is 2. The lowest BCUT2D eigenvalue weighted by Crippen LogP contribution is -1.85. The van der Waals surface area contributed by atoms with Crippen LogP contribution in [0.25, 0.3) is 5.57 Å². The van der Waals surface area contributed by atoms with Gasteiger partial charge in [-0.05, 0) is 57.7 Å². The number of rotatable bonds is 5. The lowest BCUT2D eigenvalue weighted by Gasteiger charge is -2.01. The number of aryl methyl sites for hydroxylation is 2. The minimum atomic E-state index is 1.08.